The minimum Gasteiger partial charge on any atom is -0.457 e. The van der Waals surface area contributed by atoms with Crippen molar-refractivity contribution in [1.82, 2.24) is 5.32 Å². The van der Waals surface area contributed by atoms with Crippen molar-refractivity contribution in [3.05, 3.63) is 60.2 Å². The van der Waals surface area contributed by atoms with Crippen LogP contribution in [0.15, 0.2) is 54.6 Å². The molecule has 0 saturated heterocycles. The van der Waals surface area contributed by atoms with E-state index < -0.39 is 0 Å². The van der Waals surface area contributed by atoms with E-state index in [1.165, 1.54) is 0 Å². The van der Waals surface area contributed by atoms with Gasteiger partial charge in [0.2, 0.25) is 0 Å². The van der Waals surface area contributed by atoms with E-state index in [1.807, 2.05) is 30.3 Å². The number of carbonyl (C=O) groups excluding carboxylic acids is 1. The van der Waals surface area contributed by atoms with Gasteiger partial charge in [-0.3, -0.25) is 4.79 Å². The van der Waals surface area contributed by atoms with Crippen molar-refractivity contribution in [3.8, 4) is 11.5 Å². The molecule has 98 valence electrons. The fourth-order valence-electron chi connectivity index (χ4n) is 1.57. The molecule has 4 nitrogen and oxygen atoms in total. The second-order valence-electron chi connectivity index (χ2n) is 3.92. The lowest BCUT2D eigenvalue weighted by molar-refractivity contribution is 0.0945. The van der Waals surface area contributed by atoms with Crippen LogP contribution in [0.3, 0.4) is 0 Å². The first-order valence-electron chi connectivity index (χ1n) is 6.01. The lowest BCUT2D eigenvalue weighted by Gasteiger charge is -2.07. The molecule has 0 aliphatic carbocycles. The molecule has 0 radical (unpaired) electrons. The summed E-state index contributed by atoms with van der Waals surface area (Å²) in [5.41, 5.74) is 0.536. The van der Waals surface area contributed by atoms with Gasteiger partial charge >= 0.3 is 0 Å². The van der Waals surface area contributed by atoms with Crippen molar-refractivity contribution in [2.45, 2.75) is 0 Å². The van der Waals surface area contributed by atoms with Crippen LogP contribution in [0.4, 0.5) is 0 Å². The van der Waals surface area contributed by atoms with Crippen LogP contribution in [0.2, 0.25) is 0 Å². The molecule has 0 unspecified atom stereocenters. The zero-order valence-electron chi connectivity index (χ0n) is 10.4. The van der Waals surface area contributed by atoms with Gasteiger partial charge in [0.05, 0.1) is 6.61 Å². The van der Waals surface area contributed by atoms with Crippen molar-refractivity contribution in [2.75, 3.05) is 13.2 Å². The van der Waals surface area contributed by atoms with Gasteiger partial charge in [0.1, 0.15) is 11.5 Å². The minimum absolute atomic E-state index is 0.0685. The first kappa shape index (κ1) is 13.1. The van der Waals surface area contributed by atoms with Crippen molar-refractivity contribution in [3.63, 3.8) is 0 Å². The molecule has 2 rings (SSSR count). The van der Waals surface area contributed by atoms with Gasteiger partial charge in [-0.15, -0.1) is 0 Å². The van der Waals surface area contributed by atoms with Crippen LogP contribution in [0.25, 0.3) is 0 Å². The SMILES string of the molecule is O=C(NCCO)c1ccc(Oc2ccccc2)cc1. The van der Waals surface area contributed by atoms with Crippen molar-refractivity contribution in [2.24, 2.45) is 0 Å². The topological polar surface area (TPSA) is 58.6 Å². The summed E-state index contributed by atoms with van der Waals surface area (Å²) in [6.07, 6.45) is 0. The molecule has 2 aromatic carbocycles. The third-order valence-electron chi connectivity index (χ3n) is 2.49. The number of aliphatic hydroxyl groups excluding tert-OH is 1. The van der Waals surface area contributed by atoms with Crippen molar-refractivity contribution >= 4 is 5.91 Å². The smallest absolute Gasteiger partial charge is 0.251 e. The van der Waals surface area contributed by atoms with Gasteiger partial charge in [-0.2, -0.15) is 0 Å². The summed E-state index contributed by atoms with van der Waals surface area (Å²) in [5.74, 6) is 1.21. The van der Waals surface area contributed by atoms with E-state index in [-0.39, 0.29) is 19.1 Å². The van der Waals surface area contributed by atoms with Crippen LogP contribution >= 0.6 is 0 Å². The molecule has 0 saturated carbocycles. The van der Waals surface area contributed by atoms with Crippen LogP contribution in [0.1, 0.15) is 10.4 Å². The molecule has 0 aromatic heterocycles. The van der Waals surface area contributed by atoms with E-state index in [1.54, 1.807) is 24.3 Å². The Morgan fingerprint density at radius 3 is 2.26 bits per heavy atom. The Labute approximate surface area is 111 Å². The Kier molecular flexibility index (Phi) is 4.53. The van der Waals surface area contributed by atoms with Crippen LogP contribution < -0.4 is 10.1 Å². The standard InChI is InChI=1S/C15H15NO3/c17-11-10-16-15(18)12-6-8-14(9-7-12)19-13-4-2-1-3-5-13/h1-9,17H,10-11H2,(H,16,18). The van der Waals surface area contributed by atoms with Crippen LogP contribution in [0, 0.1) is 0 Å². The van der Waals surface area contributed by atoms with Crippen molar-refractivity contribution in [1.29, 1.82) is 0 Å². The minimum atomic E-state index is -0.208. The number of para-hydroxylation sites is 1. The molecule has 2 aromatic rings. The van der Waals surface area contributed by atoms with E-state index in [0.717, 1.165) is 5.75 Å². The fourth-order valence-corrected chi connectivity index (χ4v) is 1.57. The van der Waals surface area contributed by atoms with Gasteiger partial charge < -0.3 is 15.2 Å². The molecule has 0 fully saturated rings. The number of nitrogens with one attached hydrogen (secondary N) is 1. The first-order chi connectivity index (χ1) is 9.29. The molecule has 19 heavy (non-hydrogen) atoms. The number of ether oxygens (including phenoxy) is 1. The maximum absolute atomic E-state index is 11.6. The van der Waals surface area contributed by atoms with Crippen LogP contribution in [0.5, 0.6) is 11.5 Å². The first-order valence-corrected chi connectivity index (χ1v) is 6.01. The van der Waals surface area contributed by atoms with E-state index in [9.17, 15) is 4.79 Å². The molecule has 1 amide bonds. The third-order valence-corrected chi connectivity index (χ3v) is 2.49. The zero-order chi connectivity index (χ0) is 13.5. The Hall–Kier alpha value is -2.33. The quantitative estimate of drug-likeness (QED) is 0.863. The Bertz CT molecular complexity index is 523. The second kappa shape index (κ2) is 6.56. The average Bonchev–Trinajstić information content (AvgIpc) is 2.46. The number of benzene rings is 2. The molecule has 0 aliphatic rings. The van der Waals surface area contributed by atoms with Crippen LogP contribution in [-0.2, 0) is 0 Å². The highest BCUT2D eigenvalue weighted by Gasteiger charge is 2.04. The monoisotopic (exact) mass is 257 g/mol. The van der Waals surface area contributed by atoms with Gasteiger partial charge in [0, 0.05) is 12.1 Å². The zero-order valence-corrected chi connectivity index (χ0v) is 10.4. The Balaban J connectivity index is 2.00. The third kappa shape index (κ3) is 3.82. The molecule has 4 heteroatoms. The number of rotatable bonds is 5. The normalized spacial score (nSPS) is 9.95. The highest BCUT2D eigenvalue weighted by Crippen LogP contribution is 2.20. The van der Waals surface area contributed by atoms with E-state index in [0.29, 0.717) is 11.3 Å². The lowest BCUT2D eigenvalue weighted by atomic mass is 10.2. The van der Waals surface area contributed by atoms with Gasteiger partial charge in [-0.25, -0.2) is 0 Å². The number of aliphatic hydroxyl groups is 1. The Morgan fingerprint density at radius 2 is 1.63 bits per heavy atom. The number of hydrogen-bond acceptors (Lipinski definition) is 3. The fraction of sp³-hybridized carbons (Fsp3) is 0.133. The molecule has 0 heterocycles. The summed E-state index contributed by atoms with van der Waals surface area (Å²) in [6, 6.07) is 16.3. The average molecular weight is 257 g/mol. The molecular formula is C15H15NO3. The molecule has 2 N–H and O–H groups in total. The number of hydrogen-bond donors (Lipinski definition) is 2. The highest BCUT2D eigenvalue weighted by atomic mass is 16.5. The van der Waals surface area contributed by atoms with Gasteiger partial charge in [-0.1, -0.05) is 18.2 Å². The highest BCUT2D eigenvalue weighted by molar-refractivity contribution is 5.94. The summed E-state index contributed by atoms with van der Waals surface area (Å²) in [5, 5.41) is 11.2. The molecule has 0 atom stereocenters. The van der Waals surface area contributed by atoms with Crippen molar-refractivity contribution < 1.29 is 14.6 Å². The summed E-state index contributed by atoms with van der Waals surface area (Å²) in [6.45, 7) is 0.183. The Morgan fingerprint density at radius 1 is 1.00 bits per heavy atom. The van der Waals surface area contributed by atoms with Gasteiger partial charge in [0.15, 0.2) is 0 Å². The second-order valence-corrected chi connectivity index (χ2v) is 3.92. The maximum Gasteiger partial charge on any atom is 0.251 e. The van der Waals surface area contributed by atoms with Gasteiger partial charge in [-0.05, 0) is 36.4 Å². The summed E-state index contributed by atoms with van der Waals surface area (Å²) >= 11 is 0. The number of amides is 1. The number of carbonyl (C=O) groups is 1. The maximum atomic E-state index is 11.6. The predicted octanol–water partition coefficient (Wildman–Crippen LogP) is 2.20. The molecular weight excluding hydrogens is 242 g/mol. The van der Waals surface area contributed by atoms with E-state index >= 15 is 0 Å². The molecule has 0 aliphatic heterocycles. The lowest BCUT2D eigenvalue weighted by Crippen LogP contribution is -2.26. The largest absolute Gasteiger partial charge is 0.457 e. The van der Waals surface area contributed by atoms with E-state index in [4.69, 9.17) is 9.84 Å². The van der Waals surface area contributed by atoms with E-state index in [2.05, 4.69) is 5.32 Å². The summed E-state index contributed by atoms with van der Waals surface area (Å²) in [7, 11) is 0. The van der Waals surface area contributed by atoms with Gasteiger partial charge in [0.25, 0.3) is 5.91 Å². The van der Waals surface area contributed by atoms with Crippen LogP contribution in [-0.4, -0.2) is 24.2 Å². The molecule has 0 bridgehead atoms. The summed E-state index contributed by atoms with van der Waals surface area (Å²) < 4.78 is 5.62. The summed E-state index contributed by atoms with van der Waals surface area (Å²) in [4.78, 5) is 11.6. The molecule has 0 spiro atoms. The predicted molar refractivity (Wildman–Crippen MR) is 72.4 cm³/mol.